The molecule has 0 bridgehead atoms. The number of nitriles is 1. The molecule has 248 valence electrons. The molecule has 3 atom stereocenters. The van der Waals surface area contributed by atoms with Crippen molar-refractivity contribution >= 4 is 22.0 Å². The first kappa shape index (κ1) is 32.5. The highest BCUT2D eigenvalue weighted by Crippen LogP contribution is 2.54. The van der Waals surface area contributed by atoms with E-state index in [4.69, 9.17) is 34.6 Å². The first-order chi connectivity index (χ1) is 22.0. The number of nitrogens with zero attached hydrogens (tertiary/aromatic N) is 5. The summed E-state index contributed by atoms with van der Waals surface area (Å²) in [5.74, 6) is 0.840. The lowest BCUT2D eigenvalue weighted by molar-refractivity contribution is -0.141. The molecule has 4 aliphatic rings. The molecular formula is C33H45N7O5S. The van der Waals surface area contributed by atoms with Crippen LogP contribution in [0.5, 0.6) is 17.5 Å². The smallest absolute Gasteiger partial charge is 0.265 e. The minimum Gasteiger partial charge on any atom is -0.511 e. The van der Waals surface area contributed by atoms with Crippen molar-refractivity contribution in [3.05, 3.63) is 33.2 Å². The number of hydrogen-bond acceptors (Lipinski definition) is 13. The van der Waals surface area contributed by atoms with E-state index in [0.717, 1.165) is 49.1 Å². The van der Waals surface area contributed by atoms with Crippen LogP contribution >= 0.6 is 11.3 Å². The number of thiophene rings is 1. The number of aryl methyl sites for hydroxylation is 1. The van der Waals surface area contributed by atoms with Crippen LogP contribution in [0, 0.1) is 16.7 Å². The van der Waals surface area contributed by atoms with Crippen molar-refractivity contribution < 1.29 is 24.1 Å². The third-order valence-corrected chi connectivity index (χ3v) is 11.6. The molecule has 4 N–H and O–H groups in total. The maximum atomic E-state index is 12.0. The number of nitrogen functional groups attached to an aromatic ring is 1. The summed E-state index contributed by atoms with van der Waals surface area (Å²) >= 11 is 1.44. The number of aliphatic hydroxyl groups excluding tert-OH is 1. The van der Waals surface area contributed by atoms with Gasteiger partial charge in [-0.3, -0.25) is 15.2 Å². The Morgan fingerprint density at radius 1 is 1.24 bits per heavy atom. The van der Waals surface area contributed by atoms with Crippen LogP contribution < -0.4 is 19.9 Å². The van der Waals surface area contributed by atoms with Crippen molar-refractivity contribution in [1.82, 2.24) is 19.8 Å². The van der Waals surface area contributed by atoms with E-state index < -0.39 is 5.41 Å². The van der Waals surface area contributed by atoms with Crippen molar-refractivity contribution in [1.29, 1.82) is 10.7 Å². The number of ether oxygens (including phenoxy) is 4. The molecule has 2 aromatic heterocycles. The summed E-state index contributed by atoms with van der Waals surface area (Å²) in [7, 11) is 7.60. The van der Waals surface area contributed by atoms with Gasteiger partial charge in [-0.25, -0.2) is 0 Å². The highest BCUT2D eigenvalue weighted by atomic mass is 32.1. The zero-order chi connectivity index (χ0) is 32.8. The van der Waals surface area contributed by atoms with E-state index in [0.29, 0.717) is 48.6 Å². The number of fused-ring (bicyclic) bond motifs is 2. The summed E-state index contributed by atoms with van der Waals surface area (Å²) in [4.78, 5) is 14.9. The summed E-state index contributed by atoms with van der Waals surface area (Å²) in [6, 6.07) is 2.50. The highest BCUT2D eigenvalue weighted by Gasteiger charge is 2.48. The van der Waals surface area contributed by atoms with Gasteiger partial charge in [-0.1, -0.05) is 0 Å². The topological polar surface area (TPSA) is 163 Å². The lowest BCUT2D eigenvalue weighted by atomic mass is 9.63. The first-order valence-electron chi connectivity index (χ1n) is 16.1. The van der Waals surface area contributed by atoms with Gasteiger partial charge in [0, 0.05) is 16.5 Å². The Kier molecular flexibility index (Phi) is 8.93. The summed E-state index contributed by atoms with van der Waals surface area (Å²) in [6.07, 6.45) is 6.16. The zero-order valence-electron chi connectivity index (χ0n) is 27.4. The number of methoxy groups -OCH3 is 1. The van der Waals surface area contributed by atoms with Crippen LogP contribution in [0.2, 0.25) is 0 Å². The number of nitrogens with two attached hydrogens (primary N) is 1. The Morgan fingerprint density at radius 2 is 1.96 bits per heavy atom. The van der Waals surface area contributed by atoms with Crippen molar-refractivity contribution in [3.8, 4) is 23.6 Å². The highest BCUT2D eigenvalue weighted by molar-refractivity contribution is 7.16. The lowest BCUT2D eigenvalue weighted by Gasteiger charge is -2.45. The van der Waals surface area contributed by atoms with Crippen molar-refractivity contribution in [2.75, 3.05) is 60.4 Å². The van der Waals surface area contributed by atoms with Gasteiger partial charge >= 0.3 is 0 Å². The molecule has 2 saturated heterocycles. The zero-order valence-corrected chi connectivity index (χ0v) is 28.3. The molecule has 4 heterocycles. The normalized spacial score (nSPS) is 24.8. The predicted molar refractivity (Wildman–Crippen MR) is 175 cm³/mol. The van der Waals surface area contributed by atoms with Gasteiger partial charge in [-0.2, -0.15) is 15.2 Å². The molecule has 2 aliphatic carbocycles. The monoisotopic (exact) mass is 651 g/mol. The fourth-order valence-corrected chi connectivity index (χ4v) is 8.75. The summed E-state index contributed by atoms with van der Waals surface area (Å²) in [5, 5.41) is 32.0. The Hall–Kier alpha value is -3.44. The fraction of sp³-hybridized carbons (Fsp3) is 0.636. The molecule has 12 nitrogen and oxygen atoms in total. The Balaban J connectivity index is 1.41. The number of likely N-dealkylation sites (N-methyl/N-ethyl adjacent to an activating group) is 2. The fourth-order valence-electron chi connectivity index (χ4n) is 7.59. The van der Waals surface area contributed by atoms with Crippen molar-refractivity contribution in [2.24, 2.45) is 0 Å². The largest absolute Gasteiger partial charge is 0.511 e. The third kappa shape index (κ3) is 5.39. The van der Waals surface area contributed by atoms with Crippen LogP contribution in [0.15, 0.2) is 11.3 Å². The third-order valence-electron chi connectivity index (χ3n) is 10.5. The van der Waals surface area contributed by atoms with E-state index in [1.54, 1.807) is 0 Å². The SMILES string of the molecule is COc1c(OCC2(N(C)C)COC2)nc(C(=N)C2=C(O)[C@@]3(CCC2)CCCc2sc(N)c(C#N)c23)nc1O[C@@H](C)[C@@H]1CCCN1C. The number of hydrogen-bond donors (Lipinski definition) is 3. The second-order valence-electron chi connectivity index (χ2n) is 13.3. The molecule has 0 unspecified atom stereocenters. The molecule has 13 heteroatoms. The van der Waals surface area contributed by atoms with E-state index in [2.05, 4.69) is 22.9 Å². The summed E-state index contributed by atoms with van der Waals surface area (Å²) < 4.78 is 24.2. The maximum Gasteiger partial charge on any atom is 0.265 e. The Bertz CT molecular complexity index is 1580. The average molecular weight is 652 g/mol. The van der Waals surface area contributed by atoms with Gasteiger partial charge in [0.1, 0.15) is 40.8 Å². The molecule has 6 rings (SSSR count). The van der Waals surface area contributed by atoms with E-state index in [1.807, 2.05) is 21.0 Å². The molecule has 2 aliphatic heterocycles. The quantitative estimate of drug-likeness (QED) is 0.316. The standard InChI is InChI=1S/C33H45N7O5S/c1-19(22-10-8-14-40(22)4)45-31-26(42-5)30(44-18-32(39(2)3)16-43-17-32)37-29(38-31)25(35)20-9-6-12-33(27(20)41)13-7-11-23-24(33)21(15-34)28(36)46-23/h19,22,35,41H,6-14,16-18,36H2,1-5H3/t19-,22-,33-/m0/s1. The van der Waals surface area contributed by atoms with Gasteiger partial charge in [0.2, 0.25) is 5.75 Å². The number of aromatic nitrogens is 2. The maximum absolute atomic E-state index is 12.0. The van der Waals surface area contributed by atoms with Gasteiger partial charge in [0.05, 0.1) is 31.3 Å². The van der Waals surface area contributed by atoms with Gasteiger partial charge in [-0.15, -0.1) is 11.3 Å². The van der Waals surface area contributed by atoms with E-state index in [9.17, 15) is 15.8 Å². The molecule has 1 spiro atoms. The van der Waals surface area contributed by atoms with Crippen LogP contribution in [-0.2, 0) is 16.6 Å². The van der Waals surface area contributed by atoms with Crippen molar-refractivity contribution in [3.63, 3.8) is 0 Å². The van der Waals surface area contributed by atoms with Crippen LogP contribution in [0.25, 0.3) is 0 Å². The minimum absolute atomic E-state index is 0.00250. The number of rotatable bonds is 10. The summed E-state index contributed by atoms with van der Waals surface area (Å²) in [5.41, 5.74) is 6.96. The number of likely N-dealkylation sites (tertiary alicyclic amines) is 1. The molecule has 46 heavy (non-hydrogen) atoms. The number of allylic oxidation sites excluding steroid dienone is 2. The van der Waals surface area contributed by atoms with Crippen LogP contribution in [0.3, 0.4) is 0 Å². The number of aliphatic hydroxyl groups is 1. The predicted octanol–water partition coefficient (Wildman–Crippen LogP) is 4.21. The van der Waals surface area contributed by atoms with E-state index in [1.165, 1.54) is 18.4 Å². The minimum atomic E-state index is -0.762. The number of anilines is 1. The summed E-state index contributed by atoms with van der Waals surface area (Å²) in [6.45, 7) is 4.35. The van der Waals surface area contributed by atoms with E-state index in [-0.39, 0.29) is 59.1 Å². The van der Waals surface area contributed by atoms with Crippen LogP contribution in [0.1, 0.15) is 73.7 Å². The molecule has 2 fully saturated rings. The average Bonchev–Trinajstić information content (AvgIpc) is 3.59. The lowest BCUT2D eigenvalue weighted by Crippen LogP contribution is -2.63. The second-order valence-corrected chi connectivity index (χ2v) is 14.5. The van der Waals surface area contributed by atoms with Crippen LogP contribution in [-0.4, -0.2) is 103 Å². The van der Waals surface area contributed by atoms with Crippen LogP contribution in [0.4, 0.5) is 5.00 Å². The molecule has 0 aromatic carbocycles. The van der Waals surface area contributed by atoms with Crippen molar-refractivity contribution in [2.45, 2.75) is 81.4 Å². The van der Waals surface area contributed by atoms with E-state index >= 15 is 0 Å². The Morgan fingerprint density at radius 3 is 2.57 bits per heavy atom. The molecule has 0 saturated carbocycles. The van der Waals surface area contributed by atoms with Gasteiger partial charge in [0.25, 0.3) is 11.8 Å². The second kappa shape index (κ2) is 12.6. The Labute approximate surface area is 274 Å². The number of nitrogens with one attached hydrogen (secondary N) is 1. The molecular weight excluding hydrogens is 606 g/mol. The van der Waals surface area contributed by atoms with Gasteiger partial charge in [0.15, 0.2) is 5.82 Å². The molecule has 0 radical (unpaired) electrons. The first-order valence-corrected chi connectivity index (χ1v) is 16.9. The van der Waals surface area contributed by atoms with Gasteiger partial charge < -0.3 is 29.8 Å². The van der Waals surface area contributed by atoms with Gasteiger partial charge in [-0.05, 0) is 91.5 Å². The molecule has 2 aromatic rings. The molecule has 0 amide bonds.